The Labute approximate surface area is 113 Å². The van der Waals surface area contributed by atoms with E-state index in [1.807, 2.05) is 36.2 Å². The molecule has 0 bridgehead atoms. The number of hydrogen-bond acceptors (Lipinski definition) is 3. The van der Waals surface area contributed by atoms with Gasteiger partial charge in [0.15, 0.2) is 11.3 Å². The Hall–Kier alpha value is -1.10. The van der Waals surface area contributed by atoms with Crippen molar-refractivity contribution in [3.05, 3.63) is 35.0 Å². The normalized spacial score (nSPS) is 33.7. The molecule has 5 heteroatoms. The summed E-state index contributed by atoms with van der Waals surface area (Å²) in [7, 11) is 3.58. The molecule has 4 nitrogen and oxygen atoms in total. The van der Waals surface area contributed by atoms with E-state index in [1.54, 1.807) is 7.05 Å². The number of para-hydroxylation sites is 1. The number of likely N-dealkylation sites (N-methyl/N-ethyl adjacent to an activating group) is 2. The van der Waals surface area contributed by atoms with Gasteiger partial charge in [-0.3, -0.25) is 4.79 Å². The summed E-state index contributed by atoms with van der Waals surface area (Å²) in [6.07, 6.45) is 0.650. The first kappa shape index (κ1) is 13.3. The van der Waals surface area contributed by atoms with Crippen molar-refractivity contribution in [2.24, 2.45) is 0 Å². The lowest BCUT2D eigenvalue weighted by molar-refractivity contribution is -0.848. The summed E-state index contributed by atoms with van der Waals surface area (Å²) < 4.78 is -0.315. The van der Waals surface area contributed by atoms with Crippen LogP contribution in [0.1, 0.15) is 16.8 Å². The second-order valence-electron chi connectivity index (χ2n) is 5.37. The third-order valence-corrected chi connectivity index (χ3v) is 4.17. The summed E-state index contributed by atoms with van der Waals surface area (Å²) in [5.74, 6) is 0.119. The zero-order chi connectivity index (χ0) is 12.3. The van der Waals surface area contributed by atoms with Gasteiger partial charge in [0.2, 0.25) is 0 Å². The maximum Gasteiger partial charge on any atom is 0.196 e. The van der Waals surface area contributed by atoms with E-state index < -0.39 is 5.54 Å². The summed E-state index contributed by atoms with van der Waals surface area (Å²) in [4.78, 5) is 14.5. The summed E-state index contributed by atoms with van der Waals surface area (Å²) in [5.41, 5.74) is 1.12. The van der Waals surface area contributed by atoms with Crippen LogP contribution in [0.4, 0.5) is 5.69 Å². The molecule has 0 amide bonds. The maximum absolute atomic E-state index is 12.5. The number of halogens is 1. The number of hydrogen-bond donors (Lipinski definition) is 0. The highest BCUT2D eigenvalue weighted by Gasteiger charge is 2.56. The van der Waals surface area contributed by atoms with E-state index in [9.17, 15) is 10.0 Å². The van der Waals surface area contributed by atoms with Gasteiger partial charge in [0.1, 0.15) is 6.54 Å². The molecule has 1 spiro atoms. The van der Waals surface area contributed by atoms with Crippen molar-refractivity contribution in [2.45, 2.75) is 12.0 Å². The molecule has 0 aromatic heterocycles. The zero-order valence-electron chi connectivity index (χ0n) is 10.5. The summed E-state index contributed by atoms with van der Waals surface area (Å²) in [6, 6.07) is 7.62. The monoisotopic (exact) mass is 268 g/mol. The molecule has 18 heavy (non-hydrogen) atoms. The number of carbonyl (C=O) groups excluding carboxylic acids is 1. The van der Waals surface area contributed by atoms with Crippen LogP contribution in [0.5, 0.6) is 0 Å². The number of likely N-dealkylation sites (tertiary alicyclic amines) is 1. The molecule has 2 heterocycles. The third kappa shape index (κ3) is 1.56. The minimum Gasteiger partial charge on any atom is -0.633 e. The smallest absolute Gasteiger partial charge is 0.196 e. The van der Waals surface area contributed by atoms with Crippen molar-refractivity contribution in [3.63, 3.8) is 0 Å². The van der Waals surface area contributed by atoms with Gasteiger partial charge in [-0.15, -0.1) is 12.4 Å². The molecule has 1 aromatic carbocycles. The molecule has 2 atom stereocenters. The van der Waals surface area contributed by atoms with Crippen molar-refractivity contribution >= 4 is 23.9 Å². The van der Waals surface area contributed by atoms with Crippen LogP contribution in [0.25, 0.3) is 0 Å². The van der Waals surface area contributed by atoms with Gasteiger partial charge in [-0.05, 0) is 12.1 Å². The van der Waals surface area contributed by atoms with Gasteiger partial charge >= 0.3 is 0 Å². The van der Waals surface area contributed by atoms with Crippen LogP contribution in [0, 0.1) is 5.21 Å². The van der Waals surface area contributed by atoms with Crippen LogP contribution < -0.4 is 4.90 Å². The highest BCUT2D eigenvalue weighted by Crippen LogP contribution is 2.43. The molecule has 2 aliphatic rings. The van der Waals surface area contributed by atoms with Crippen LogP contribution in [0.15, 0.2) is 24.3 Å². The van der Waals surface area contributed by atoms with E-state index in [-0.39, 0.29) is 22.8 Å². The Kier molecular flexibility index (Phi) is 2.93. The number of rotatable bonds is 0. The van der Waals surface area contributed by atoms with E-state index in [0.717, 1.165) is 11.3 Å². The fourth-order valence-corrected chi connectivity index (χ4v) is 3.18. The first-order chi connectivity index (χ1) is 7.96. The Balaban J connectivity index is 0.00000120. The summed E-state index contributed by atoms with van der Waals surface area (Å²) in [5, 5.41) is 12.1. The molecule has 1 saturated heterocycles. The molecule has 0 saturated carbocycles. The molecule has 3 rings (SSSR count). The van der Waals surface area contributed by atoms with Crippen LogP contribution >= 0.6 is 12.4 Å². The van der Waals surface area contributed by atoms with Crippen molar-refractivity contribution < 1.29 is 9.44 Å². The Morgan fingerprint density at radius 2 is 2.06 bits per heavy atom. The van der Waals surface area contributed by atoms with Gasteiger partial charge in [0, 0.05) is 24.7 Å². The molecular formula is C13H17ClN2O2. The van der Waals surface area contributed by atoms with E-state index in [0.29, 0.717) is 19.5 Å². The quantitative estimate of drug-likeness (QED) is 0.533. The number of Topliss-reactive ketones (excluding diaryl/α,β-unsaturated/α-hetero) is 1. The number of carbonyl (C=O) groups is 1. The average molecular weight is 269 g/mol. The van der Waals surface area contributed by atoms with Crippen molar-refractivity contribution in [1.82, 2.24) is 0 Å². The fraction of sp³-hybridized carbons (Fsp3) is 0.462. The first-order valence-corrected chi connectivity index (χ1v) is 5.90. The number of quaternary nitrogens is 1. The van der Waals surface area contributed by atoms with E-state index in [4.69, 9.17) is 0 Å². The second kappa shape index (κ2) is 3.95. The lowest BCUT2D eigenvalue weighted by Gasteiger charge is -2.37. The van der Waals surface area contributed by atoms with Crippen LogP contribution in [0.2, 0.25) is 0 Å². The molecule has 0 N–H and O–H groups in total. The standard InChI is InChI=1S/C13H16N2O2.ClH/c1-14-11-6-4-3-5-10(11)12(16)13(14)7-8-15(2,17)9-13;/h3-6H,7-9H2,1-2H3;1H. The lowest BCUT2D eigenvalue weighted by Crippen LogP contribution is -2.52. The number of nitrogens with zero attached hydrogens (tertiary/aromatic N) is 2. The SMILES string of the molecule is CN1c2ccccc2C(=O)C12CC[N+](C)([O-])C2.Cl. The van der Waals surface area contributed by atoms with Gasteiger partial charge in [-0.25, -0.2) is 0 Å². The Morgan fingerprint density at radius 3 is 2.61 bits per heavy atom. The molecule has 1 aromatic rings. The number of fused-ring (bicyclic) bond motifs is 1. The van der Waals surface area contributed by atoms with Crippen molar-refractivity contribution in [2.75, 3.05) is 32.1 Å². The van der Waals surface area contributed by atoms with Gasteiger partial charge in [0.25, 0.3) is 0 Å². The van der Waals surface area contributed by atoms with E-state index in [1.165, 1.54) is 0 Å². The maximum atomic E-state index is 12.5. The van der Waals surface area contributed by atoms with Crippen molar-refractivity contribution in [1.29, 1.82) is 0 Å². The van der Waals surface area contributed by atoms with Gasteiger partial charge in [-0.2, -0.15) is 0 Å². The summed E-state index contributed by atoms with van der Waals surface area (Å²) >= 11 is 0. The number of anilines is 1. The van der Waals surface area contributed by atoms with E-state index in [2.05, 4.69) is 0 Å². The van der Waals surface area contributed by atoms with Crippen LogP contribution in [-0.4, -0.2) is 43.2 Å². The molecule has 2 aliphatic heterocycles. The molecular weight excluding hydrogens is 252 g/mol. The van der Waals surface area contributed by atoms with Gasteiger partial charge in [0.05, 0.1) is 13.6 Å². The van der Waals surface area contributed by atoms with E-state index >= 15 is 0 Å². The molecule has 0 aliphatic carbocycles. The number of benzene rings is 1. The molecule has 0 radical (unpaired) electrons. The first-order valence-electron chi connectivity index (χ1n) is 5.90. The highest BCUT2D eigenvalue weighted by molar-refractivity contribution is 6.14. The van der Waals surface area contributed by atoms with Crippen LogP contribution in [-0.2, 0) is 0 Å². The topological polar surface area (TPSA) is 43.4 Å². The predicted molar refractivity (Wildman–Crippen MR) is 73.1 cm³/mol. The molecule has 98 valence electrons. The second-order valence-corrected chi connectivity index (χ2v) is 5.37. The Bertz CT molecular complexity index is 504. The third-order valence-electron chi connectivity index (χ3n) is 4.17. The number of hydroxylamine groups is 3. The van der Waals surface area contributed by atoms with Gasteiger partial charge < -0.3 is 14.8 Å². The highest BCUT2D eigenvalue weighted by atomic mass is 35.5. The summed E-state index contributed by atoms with van der Waals surface area (Å²) in [6.45, 7) is 0.876. The lowest BCUT2D eigenvalue weighted by atomic mass is 9.92. The Morgan fingerprint density at radius 1 is 1.39 bits per heavy atom. The molecule has 1 fully saturated rings. The average Bonchev–Trinajstić information content (AvgIpc) is 2.73. The van der Waals surface area contributed by atoms with Crippen molar-refractivity contribution in [3.8, 4) is 0 Å². The minimum absolute atomic E-state index is 0. The van der Waals surface area contributed by atoms with Crippen LogP contribution in [0.3, 0.4) is 0 Å². The zero-order valence-corrected chi connectivity index (χ0v) is 11.4. The largest absolute Gasteiger partial charge is 0.633 e. The fourth-order valence-electron chi connectivity index (χ4n) is 3.18. The predicted octanol–water partition coefficient (Wildman–Crippen LogP) is 1.83. The van der Waals surface area contributed by atoms with Gasteiger partial charge in [-0.1, -0.05) is 12.1 Å². The minimum atomic E-state index is -0.597. The molecule has 2 unspecified atom stereocenters. The number of ketones is 1.